The van der Waals surface area contributed by atoms with Crippen LogP contribution >= 0.6 is 33.9 Å². The highest BCUT2D eigenvalue weighted by molar-refractivity contribution is 14.1. The molecule has 10 heteroatoms. The van der Waals surface area contributed by atoms with Crippen LogP contribution < -0.4 is 10.6 Å². The molecule has 0 saturated carbocycles. The first-order valence-electron chi connectivity index (χ1n) is 14.0. The Balaban J connectivity index is 1.35. The van der Waals surface area contributed by atoms with Crippen LogP contribution in [-0.2, 0) is 25.6 Å². The number of benzene rings is 1. The summed E-state index contributed by atoms with van der Waals surface area (Å²) in [6.07, 6.45) is 0.309. The van der Waals surface area contributed by atoms with Crippen molar-refractivity contribution >= 4 is 51.5 Å². The van der Waals surface area contributed by atoms with Crippen molar-refractivity contribution in [3.63, 3.8) is 0 Å². The molecular formula is C30H40IN3O5S. The summed E-state index contributed by atoms with van der Waals surface area (Å²) in [4.78, 5) is 43.0. The number of hydrogen-bond acceptors (Lipinski definition) is 7. The van der Waals surface area contributed by atoms with Crippen molar-refractivity contribution in [2.75, 3.05) is 39.5 Å². The minimum Gasteiger partial charge on any atom is -0.379 e. The second-order valence-corrected chi connectivity index (χ2v) is 13.9. The zero-order valence-corrected chi connectivity index (χ0v) is 26.7. The quantitative estimate of drug-likeness (QED) is 0.273. The van der Waals surface area contributed by atoms with Gasteiger partial charge < -0.3 is 20.1 Å². The van der Waals surface area contributed by atoms with Gasteiger partial charge in [-0.25, -0.2) is 0 Å². The number of carbonyl (C=O) groups excluding carboxylic acids is 3. The molecule has 2 saturated heterocycles. The Hall–Kier alpha value is -1.86. The van der Waals surface area contributed by atoms with Crippen molar-refractivity contribution in [3.05, 3.63) is 46.3 Å². The predicted molar refractivity (Wildman–Crippen MR) is 166 cm³/mol. The Morgan fingerprint density at radius 3 is 2.50 bits per heavy atom. The Kier molecular flexibility index (Phi) is 11.2. The lowest BCUT2D eigenvalue weighted by atomic mass is 10.00. The molecule has 2 aliphatic heterocycles. The molecule has 2 amide bonds. The van der Waals surface area contributed by atoms with E-state index in [1.54, 1.807) is 11.3 Å². The van der Waals surface area contributed by atoms with Crippen LogP contribution in [0.25, 0.3) is 10.4 Å². The minimum atomic E-state index is -0.651. The number of carbonyl (C=O) groups is 3. The number of ketones is 1. The molecule has 0 spiro atoms. The summed E-state index contributed by atoms with van der Waals surface area (Å²) in [7, 11) is 0. The topological polar surface area (TPSA) is 97.0 Å². The summed E-state index contributed by atoms with van der Waals surface area (Å²) in [6, 6.07) is 9.21. The summed E-state index contributed by atoms with van der Waals surface area (Å²) in [6.45, 7) is 13.0. The van der Waals surface area contributed by atoms with E-state index in [9.17, 15) is 14.4 Å². The lowest BCUT2D eigenvalue weighted by Gasteiger charge is -2.25. The van der Waals surface area contributed by atoms with Crippen LogP contribution in [0.1, 0.15) is 48.0 Å². The average Bonchev–Trinajstić information content (AvgIpc) is 3.47. The highest BCUT2D eigenvalue weighted by Gasteiger charge is 2.37. The summed E-state index contributed by atoms with van der Waals surface area (Å²) in [5.74, 6) is -0.357. The van der Waals surface area contributed by atoms with Crippen molar-refractivity contribution < 1.29 is 23.9 Å². The highest BCUT2D eigenvalue weighted by atomic mass is 127. The standard InChI is InChI=1S/C30H40IN3O5S/c1-18(2)13-25(30(37)32-15-24(31)27-20(4)26(35)17-39-27)33-29(36)22-7-5-21(6-8-22)28-19(3)14-23(40-28)16-34-9-11-38-12-10-34/h5-8,14,18,20,24-25,27H,9-13,15-17H2,1-4H3,(H,32,37)(H,33,36)/t20-,24+,25+,27+/m1/s1. The molecule has 1 aromatic heterocycles. The fraction of sp³-hybridized carbons (Fsp3) is 0.567. The number of hydrogen-bond donors (Lipinski definition) is 2. The van der Waals surface area contributed by atoms with Crippen LogP contribution in [0.3, 0.4) is 0 Å². The maximum Gasteiger partial charge on any atom is 0.251 e. The fourth-order valence-electron chi connectivity index (χ4n) is 5.10. The van der Waals surface area contributed by atoms with Crippen molar-refractivity contribution in [2.24, 2.45) is 11.8 Å². The van der Waals surface area contributed by atoms with Crippen molar-refractivity contribution in [2.45, 2.75) is 56.7 Å². The van der Waals surface area contributed by atoms with E-state index in [1.165, 1.54) is 15.3 Å². The van der Waals surface area contributed by atoms with Crippen LogP contribution in [0, 0.1) is 18.8 Å². The Bertz CT molecular complexity index is 1180. The number of thiophene rings is 1. The number of ether oxygens (including phenoxy) is 2. The lowest BCUT2D eigenvalue weighted by molar-refractivity contribution is -0.123. The van der Waals surface area contributed by atoms with Crippen LogP contribution in [0.5, 0.6) is 0 Å². The summed E-state index contributed by atoms with van der Waals surface area (Å²) in [5.41, 5.74) is 2.83. The van der Waals surface area contributed by atoms with Crippen molar-refractivity contribution in [1.29, 1.82) is 0 Å². The van der Waals surface area contributed by atoms with Gasteiger partial charge in [-0.1, -0.05) is 55.5 Å². The third-order valence-electron chi connectivity index (χ3n) is 7.44. The molecule has 3 heterocycles. The smallest absolute Gasteiger partial charge is 0.251 e. The SMILES string of the molecule is Cc1cc(CN2CCOCC2)sc1-c1ccc(C(=O)N[C@@H](CC(C)C)C(=O)NC[C@H](I)[C@H]2OCC(=O)[C@H]2C)cc1. The zero-order chi connectivity index (χ0) is 28.8. The number of nitrogens with one attached hydrogen (secondary N) is 2. The molecule has 218 valence electrons. The van der Waals surface area contributed by atoms with Crippen molar-refractivity contribution in [3.8, 4) is 10.4 Å². The number of halogens is 1. The number of Topliss-reactive ketones (excluding diaryl/α,β-unsaturated/α-hetero) is 1. The molecule has 4 atom stereocenters. The number of nitrogens with zero attached hydrogens (tertiary/aromatic N) is 1. The van der Waals surface area contributed by atoms with Gasteiger partial charge in [-0.15, -0.1) is 11.3 Å². The molecule has 4 rings (SSSR count). The van der Waals surface area contributed by atoms with Gasteiger partial charge in [-0.3, -0.25) is 19.3 Å². The Morgan fingerprint density at radius 2 is 1.88 bits per heavy atom. The van der Waals surface area contributed by atoms with Crippen LogP contribution in [0.15, 0.2) is 30.3 Å². The molecule has 40 heavy (non-hydrogen) atoms. The molecule has 8 nitrogen and oxygen atoms in total. The molecule has 0 aliphatic carbocycles. The van der Waals surface area contributed by atoms with E-state index in [0.717, 1.165) is 38.4 Å². The summed E-state index contributed by atoms with van der Waals surface area (Å²) in [5, 5.41) is 5.91. The second kappa shape index (κ2) is 14.4. The fourth-order valence-corrected chi connectivity index (χ4v) is 7.37. The molecule has 2 N–H and O–H groups in total. The molecule has 0 bridgehead atoms. The molecular weight excluding hydrogens is 641 g/mol. The highest BCUT2D eigenvalue weighted by Crippen LogP contribution is 2.33. The van der Waals surface area contributed by atoms with E-state index in [4.69, 9.17) is 9.47 Å². The predicted octanol–water partition coefficient (Wildman–Crippen LogP) is 4.22. The largest absolute Gasteiger partial charge is 0.379 e. The van der Waals surface area contributed by atoms with Crippen molar-refractivity contribution in [1.82, 2.24) is 15.5 Å². The maximum atomic E-state index is 13.1. The van der Waals surface area contributed by atoms with E-state index in [1.807, 2.05) is 45.0 Å². The van der Waals surface area contributed by atoms with Gasteiger partial charge in [0.1, 0.15) is 12.6 Å². The second-order valence-electron chi connectivity index (χ2n) is 11.1. The lowest BCUT2D eigenvalue weighted by Crippen LogP contribution is -2.49. The van der Waals surface area contributed by atoms with Gasteiger partial charge in [0.2, 0.25) is 5.91 Å². The normalized spacial score (nSPS) is 21.4. The van der Waals surface area contributed by atoms with Gasteiger partial charge in [0.25, 0.3) is 5.91 Å². The van der Waals surface area contributed by atoms with Crippen LogP contribution in [0.4, 0.5) is 0 Å². The van der Waals surface area contributed by atoms with E-state index in [-0.39, 0.29) is 46.1 Å². The monoisotopic (exact) mass is 681 g/mol. The molecule has 1 aromatic carbocycles. The minimum absolute atomic E-state index is 0.0407. The van der Waals surface area contributed by atoms with Gasteiger partial charge in [0.15, 0.2) is 5.78 Å². The third kappa shape index (κ3) is 8.12. The van der Waals surface area contributed by atoms with Gasteiger partial charge in [0.05, 0.1) is 23.2 Å². The van der Waals surface area contributed by atoms with Gasteiger partial charge >= 0.3 is 0 Å². The number of morpholine rings is 1. The molecule has 0 radical (unpaired) electrons. The Morgan fingerprint density at radius 1 is 1.18 bits per heavy atom. The van der Waals surface area contributed by atoms with E-state index in [2.05, 4.69) is 51.1 Å². The number of amides is 2. The molecule has 2 fully saturated rings. The number of rotatable bonds is 11. The van der Waals surface area contributed by atoms with E-state index in [0.29, 0.717) is 18.5 Å². The summed E-state index contributed by atoms with van der Waals surface area (Å²) >= 11 is 4.02. The number of aryl methyl sites for hydroxylation is 1. The first-order chi connectivity index (χ1) is 19.1. The van der Waals surface area contributed by atoms with Gasteiger partial charge in [-0.2, -0.15) is 0 Å². The first-order valence-corrected chi connectivity index (χ1v) is 16.1. The van der Waals surface area contributed by atoms with E-state index < -0.39 is 6.04 Å². The molecule has 0 unspecified atom stereocenters. The van der Waals surface area contributed by atoms with Gasteiger partial charge in [-0.05, 0) is 48.6 Å². The molecule has 2 aromatic rings. The summed E-state index contributed by atoms with van der Waals surface area (Å²) < 4.78 is 11.0. The molecule has 2 aliphatic rings. The zero-order valence-electron chi connectivity index (χ0n) is 23.7. The first kappa shape index (κ1) is 31.1. The van der Waals surface area contributed by atoms with E-state index >= 15 is 0 Å². The maximum absolute atomic E-state index is 13.1. The Labute approximate surface area is 254 Å². The van der Waals surface area contributed by atoms with Crippen LogP contribution in [-0.4, -0.2) is 78.0 Å². The number of alkyl halides is 1. The third-order valence-corrected chi connectivity index (χ3v) is 9.86. The van der Waals surface area contributed by atoms with Gasteiger partial charge in [0, 0.05) is 47.4 Å². The van der Waals surface area contributed by atoms with Crippen LogP contribution in [0.2, 0.25) is 0 Å². The average molecular weight is 682 g/mol.